The zero-order valence-electron chi connectivity index (χ0n) is 16.5. The third-order valence-corrected chi connectivity index (χ3v) is 7.40. The molecule has 5 aromatic carbocycles. The Morgan fingerprint density at radius 1 is 0.533 bits per heavy atom. The van der Waals surface area contributed by atoms with Crippen molar-refractivity contribution < 1.29 is 8.42 Å². The molecule has 0 aromatic heterocycles. The first kappa shape index (κ1) is 18.6. The van der Waals surface area contributed by atoms with Crippen LogP contribution in [0.5, 0.6) is 0 Å². The quantitative estimate of drug-likeness (QED) is 0.308. The van der Waals surface area contributed by atoms with Crippen molar-refractivity contribution in [1.82, 2.24) is 0 Å². The minimum absolute atomic E-state index is 0.311. The summed E-state index contributed by atoms with van der Waals surface area (Å²) >= 11 is 0. The van der Waals surface area contributed by atoms with Crippen LogP contribution >= 0.6 is 0 Å². The van der Waals surface area contributed by atoms with Gasteiger partial charge in [0.15, 0.2) is 0 Å². The van der Waals surface area contributed by atoms with Gasteiger partial charge in [-0.1, -0.05) is 96.6 Å². The van der Waals surface area contributed by atoms with Crippen LogP contribution < -0.4 is 0 Å². The highest BCUT2D eigenvalue weighted by Crippen LogP contribution is 2.43. The van der Waals surface area contributed by atoms with Gasteiger partial charge in [0.25, 0.3) is 0 Å². The van der Waals surface area contributed by atoms with Gasteiger partial charge in [-0.3, -0.25) is 0 Å². The van der Waals surface area contributed by atoms with E-state index in [4.69, 9.17) is 0 Å². The van der Waals surface area contributed by atoms with Crippen LogP contribution in [0.2, 0.25) is 0 Å². The molecule has 0 saturated carbocycles. The lowest BCUT2D eigenvalue weighted by atomic mass is 9.93. The van der Waals surface area contributed by atoms with E-state index in [2.05, 4.69) is 6.07 Å². The number of benzene rings is 5. The topological polar surface area (TPSA) is 34.1 Å². The molecule has 0 bridgehead atoms. The van der Waals surface area contributed by atoms with Gasteiger partial charge in [0.1, 0.15) is 0 Å². The summed E-state index contributed by atoms with van der Waals surface area (Å²) in [5.74, 6) is 0. The molecule has 0 heterocycles. The molecule has 0 aliphatic heterocycles. The van der Waals surface area contributed by atoms with Crippen molar-refractivity contribution in [3.63, 3.8) is 0 Å². The standard InChI is InChI=1S/C27H20O2S/c1-19-15-17-21(18-16-19)30(28,29)27-25-14-8-6-12-23(25)22-11-5-7-13-24(22)26(27)20-9-3-2-4-10-20/h2-18H,1H3. The van der Waals surface area contributed by atoms with Crippen molar-refractivity contribution >= 4 is 31.4 Å². The van der Waals surface area contributed by atoms with E-state index in [-0.39, 0.29) is 0 Å². The summed E-state index contributed by atoms with van der Waals surface area (Å²) < 4.78 is 28.0. The molecule has 0 spiro atoms. The second-order valence-electron chi connectivity index (χ2n) is 7.48. The monoisotopic (exact) mass is 408 g/mol. The molecule has 0 unspecified atom stereocenters. The molecule has 5 rings (SSSR count). The van der Waals surface area contributed by atoms with Crippen LogP contribution in [0.1, 0.15) is 5.56 Å². The van der Waals surface area contributed by atoms with Gasteiger partial charge in [-0.05, 0) is 40.8 Å². The Labute approximate surface area is 176 Å². The molecule has 0 fully saturated rings. The van der Waals surface area contributed by atoms with Gasteiger partial charge in [-0.2, -0.15) is 0 Å². The minimum atomic E-state index is -3.75. The minimum Gasteiger partial charge on any atom is -0.218 e. The second-order valence-corrected chi connectivity index (χ2v) is 9.36. The Balaban J connectivity index is 2.01. The predicted octanol–water partition coefficient (Wildman–Crippen LogP) is 6.80. The first-order valence-electron chi connectivity index (χ1n) is 9.88. The van der Waals surface area contributed by atoms with E-state index in [1.807, 2.05) is 91.9 Å². The number of aryl methyl sites for hydroxylation is 1. The summed E-state index contributed by atoms with van der Waals surface area (Å²) in [6.07, 6.45) is 0. The summed E-state index contributed by atoms with van der Waals surface area (Å²) in [7, 11) is -3.75. The van der Waals surface area contributed by atoms with E-state index >= 15 is 0 Å². The lowest BCUT2D eigenvalue weighted by Gasteiger charge is -2.18. The number of hydrogen-bond donors (Lipinski definition) is 0. The average molecular weight is 409 g/mol. The van der Waals surface area contributed by atoms with Crippen LogP contribution in [0.3, 0.4) is 0 Å². The molecule has 0 amide bonds. The zero-order valence-corrected chi connectivity index (χ0v) is 17.4. The van der Waals surface area contributed by atoms with Gasteiger partial charge < -0.3 is 0 Å². The van der Waals surface area contributed by atoms with Gasteiger partial charge in [-0.25, -0.2) is 8.42 Å². The van der Waals surface area contributed by atoms with Gasteiger partial charge in [0.2, 0.25) is 9.84 Å². The fraction of sp³-hybridized carbons (Fsp3) is 0.0370. The van der Waals surface area contributed by atoms with Crippen LogP contribution in [0.4, 0.5) is 0 Å². The molecule has 3 heteroatoms. The number of hydrogen-bond acceptors (Lipinski definition) is 2. The molecular formula is C27H20O2S. The largest absolute Gasteiger partial charge is 0.218 e. The molecule has 2 nitrogen and oxygen atoms in total. The van der Waals surface area contributed by atoms with E-state index in [1.165, 1.54) is 0 Å². The molecule has 0 radical (unpaired) electrons. The van der Waals surface area contributed by atoms with Crippen molar-refractivity contribution in [1.29, 1.82) is 0 Å². The Hall–Kier alpha value is -3.43. The smallest absolute Gasteiger partial charge is 0.207 e. The maximum absolute atomic E-state index is 14.0. The third kappa shape index (κ3) is 2.90. The Bertz CT molecular complexity index is 1480. The van der Waals surface area contributed by atoms with Crippen LogP contribution in [0.15, 0.2) is 113 Å². The molecular weight excluding hydrogens is 388 g/mol. The predicted molar refractivity (Wildman–Crippen MR) is 124 cm³/mol. The number of sulfone groups is 1. The first-order chi connectivity index (χ1) is 14.6. The van der Waals surface area contributed by atoms with Gasteiger partial charge in [0.05, 0.1) is 9.79 Å². The lowest BCUT2D eigenvalue weighted by molar-refractivity contribution is 0.597. The molecule has 30 heavy (non-hydrogen) atoms. The van der Waals surface area contributed by atoms with E-state index < -0.39 is 9.84 Å². The van der Waals surface area contributed by atoms with Crippen molar-refractivity contribution in [2.45, 2.75) is 16.7 Å². The average Bonchev–Trinajstić information content (AvgIpc) is 2.79. The lowest BCUT2D eigenvalue weighted by Crippen LogP contribution is -2.06. The summed E-state index contributed by atoms with van der Waals surface area (Å²) in [5, 5.41) is 3.68. The van der Waals surface area contributed by atoms with E-state index in [9.17, 15) is 8.42 Å². The second kappa shape index (κ2) is 7.12. The van der Waals surface area contributed by atoms with Gasteiger partial charge in [-0.15, -0.1) is 0 Å². The SMILES string of the molecule is Cc1ccc(S(=O)(=O)c2c(-c3ccccc3)c3ccccc3c3ccccc23)cc1. The fourth-order valence-electron chi connectivity index (χ4n) is 4.11. The van der Waals surface area contributed by atoms with Crippen LogP contribution in [-0.2, 0) is 9.84 Å². The highest BCUT2D eigenvalue weighted by atomic mass is 32.2. The normalized spacial score (nSPS) is 11.8. The molecule has 0 aliphatic rings. The van der Waals surface area contributed by atoms with E-state index in [1.54, 1.807) is 12.1 Å². The molecule has 0 saturated heterocycles. The van der Waals surface area contributed by atoms with Crippen LogP contribution in [0, 0.1) is 6.92 Å². The summed E-state index contributed by atoms with van der Waals surface area (Å²) in [6.45, 7) is 1.96. The Morgan fingerprint density at radius 2 is 1.03 bits per heavy atom. The highest BCUT2D eigenvalue weighted by molar-refractivity contribution is 7.92. The van der Waals surface area contributed by atoms with Crippen molar-refractivity contribution in [2.24, 2.45) is 0 Å². The van der Waals surface area contributed by atoms with Crippen LogP contribution in [-0.4, -0.2) is 8.42 Å². The molecule has 0 atom stereocenters. The van der Waals surface area contributed by atoms with Crippen LogP contribution in [0.25, 0.3) is 32.7 Å². The summed E-state index contributed by atoms with van der Waals surface area (Å²) in [4.78, 5) is 0.678. The molecule has 5 aromatic rings. The number of rotatable bonds is 3. The molecule has 0 aliphatic carbocycles. The highest BCUT2D eigenvalue weighted by Gasteiger charge is 2.27. The summed E-state index contributed by atoms with van der Waals surface area (Å²) in [6, 6.07) is 32.7. The molecule has 0 N–H and O–H groups in total. The fourth-order valence-corrected chi connectivity index (χ4v) is 5.81. The summed E-state index contributed by atoms with van der Waals surface area (Å²) in [5.41, 5.74) is 2.68. The van der Waals surface area contributed by atoms with Gasteiger partial charge in [0, 0.05) is 10.9 Å². The van der Waals surface area contributed by atoms with E-state index in [0.29, 0.717) is 9.79 Å². The van der Waals surface area contributed by atoms with Crippen molar-refractivity contribution in [3.8, 4) is 11.1 Å². The maximum Gasteiger partial charge on any atom is 0.207 e. The first-order valence-corrected chi connectivity index (χ1v) is 11.4. The molecule has 146 valence electrons. The Kier molecular flexibility index (Phi) is 4.41. The van der Waals surface area contributed by atoms with Crippen molar-refractivity contribution in [3.05, 3.63) is 109 Å². The Morgan fingerprint density at radius 3 is 1.67 bits per heavy atom. The number of fused-ring (bicyclic) bond motifs is 3. The van der Waals surface area contributed by atoms with Gasteiger partial charge >= 0.3 is 0 Å². The third-order valence-electron chi connectivity index (χ3n) is 5.55. The maximum atomic E-state index is 14.0. The van der Waals surface area contributed by atoms with E-state index in [0.717, 1.165) is 38.2 Å². The van der Waals surface area contributed by atoms with Crippen molar-refractivity contribution in [2.75, 3.05) is 0 Å². The zero-order chi connectivity index (χ0) is 20.7.